The van der Waals surface area contributed by atoms with Crippen molar-refractivity contribution in [2.45, 2.75) is 38.8 Å². The van der Waals surface area contributed by atoms with Crippen molar-refractivity contribution in [2.75, 3.05) is 33.0 Å². The minimum atomic E-state index is -0.366. The lowest BCUT2D eigenvalue weighted by molar-refractivity contribution is -0.120. The Morgan fingerprint density at radius 1 is 1.25 bits per heavy atom. The Hall–Kier alpha value is -3.76. The summed E-state index contributed by atoms with van der Waals surface area (Å²) in [4.78, 5) is 29.5. The average molecular weight is 570 g/mol. The number of piperidine rings is 1. The van der Waals surface area contributed by atoms with Gasteiger partial charge in [0.1, 0.15) is 18.1 Å². The summed E-state index contributed by atoms with van der Waals surface area (Å²) in [5.41, 5.74) is 1.42. The van der Waals surface area contributed by atoms with Gasteiger partial charge in [-0.25, -0.2) is 9.78 Å². The van der Waals surface area contributed by atoms with E-state index < -0.39 is 0 Å². The zero-order valence-corrected chi connectivity index (χ0v) is 23.0. The van der Waals surface area contributed by atoms with Crippen molar-refractivity contribution < 1.29 is 33.3 Å². The fourth-order valence-electron chi connectivity index (χ4n) is 4.74. The van der Waals surface area contributed by atoms with Crippen molar-refractivity contribution in [3.05, 3.63) is 65.1 Å². The molecule has 2 amide bonds. The summed E-state index contributed by atoms with van der Waals surface area (Å²) in [7, 11) is 0. The Balaban J connectivity index is 0.000000269. The van der Waals surface area contributed by atoms with Gasteiger partial charge >= 0.3 is 6.09 Å². The van der Waals surface area contributed by atoms with Crippen LogP contribution in [0, 0.1) is 5.41 Å². The predicted octanol–water partition coefficient (Wildman–Crippen LogP) is 5.04. The van der Waals surface area contributed by atoms with Crippen molar-refractivity contribution in [3.63, 3.8) is 0 Å². The summed E-state index contributed by atoms with van der Waals surface area (Å²) in [6.45, 7) is 5.46. The number of benzene rings is 2. The highest BCUT2D eigenvalue weighted by Crippen LogP contribution is 2.37. The minimum Gasteiger partial charge on any atom is -0.507 e. The molecule has 3 aromatic rings. The molecule has 0 bridgehead atoms. The molecule has 0 saturated carbocycles. The smallest absolute Gasteiger partial charge is 0.410 e. The molecular formula is C29H32ClN3O7. The van der Waals surface area contributed by atoms with Crippen molar-refractivity contribution in [2.24, 2.45) is 5.41 Å². The van der Waals surface area contributed by atoms with Gasteiger partial charge < -0.3 is 34.0 Å². The van der Waals surface area contributed by atoms with Crippen LogP contribution in [0.15, 0.2) is 53.4 Å². The van der Waals surface area contributed by atoms with Crippen LogP contribution in [-0.4, -0.2) is 66.0 Å². The van der Waals surface area contributed by atoms with E-state index in [2.05, 4.69) is 17.2 Å². The highest BCUT2D eigenvalue weighted by atomic mass is 35.5. The molecule has 1 unspecified atom stereocenters. The molecular weight excluding hydrogens is 538 g/mol. The molecule has 11 heteroatoms. The van der Waals surface area contributed by atoms with Gasteiger partial charge in [0.2, 0.25) is 0 Å². The number of oxazole rings is 1. The number of fused-ring (bicyclic) bond motifs is 1. The third kappa shape index (κ3) is 6.51. The topological polar surface area (TPSA) is 123 Å². The first-order valence-electron chi connectivity index (χ1n) is 13.2. The molecule has 0 spiro atoms. The molecule has 6 rings (SSSR count). The van der Waals surface area contributed by atoms with Crippen LogP contribution in [0.3, 0.4) is 0 Å². The van der Waals surface area contributed by atoms with Crippen LogP contribution in [0.1, 0.15) is 42.1 Å². The number of hydrogen-bond acceptors (Lipinski definition) is 8. The zero-order chi connectivity index (χ0) is 28.1. The van der Waals surface area contributed by atoms with E-state index in [0.29, 0.717) is 61.1 Å². The highest BCUT2D eigenvalue weighted by Gasteiger charge is 2.35. The molecule has 1 atom stereocenters. The normalized spacial score (nSPS) is 19.0. The maximum absolute atomic E-state index is 12.9. The largest absolute Gasteiger partial charge is 0.507 e. The number of nitrogens with zero attached hydrogens (tertiary/aromatic N) is 2. The van der Waals surface area contributed by atoms with Crippen molar-refractivity contribution >= 4 is 23.6 Å². The van der Waals surface area contributed by atoms with E-state index in [1.54, 1.807) is 18.2 Å². The number of aromatic nitrogens is 1. The first kappa shape index (κ1) is 27.8. The van der Waals surface area contributed by atoms with Gasteiger partial charge in [-0.2, -0.15) is 0 Å². The van der Waals surface area contributed by atoms with Crippen molar-refractivity contribution in [1.29, 1.82) is 0 Å². The lowest BCUT2D eigenvalue weighted by Gasteiger charge is -2.37. The van der Waals surface area contributed by atoms with Crippen LogP contribution in [0.4, 0.5) is 4.79 Å². The van der Waals surface area contributed by atoms with Crippen LogP contribution in [0.5, 0.6) is 11.5 Å². The van der Waals surface area contributed by atoms with Gasteiger partial charge in [-0.05, 0) is 49.1 Å². The van der Waals surface area contributed by atoms with Crippen molar-refractivity contribution in [1.82, 2.24) is 15.2 Å². The molecule has 2 N–H and O–H groups in total. The number of rotatable bonds is 7. The van der Waals surface area contributed by atoms with E-state index >= 15 is 0 Å². The number of phenolic OH excluding ortho intramolecular Hbond substituents is 1. The maximum atomic E-state index is 12.9. The van der Waals surface area contributed by atoms with E-state index in [9.17, 15) is 14.7 Å². The summed E-state index contributed by atoms with van der Waals surface area (Å²) in [6.07, 6.45) is 6.18. The molecule has 1 aromatic heterocycles. The quantitative estimate of drug-likeness (QED) is 0.406. The fourth-order valence-corrected chi connectivity index (χ4v) is 4.87. The van der Waals surface area contributed by atoms with Gasteiger partial charge in [0, 0.05) is 23.5 Å². The summed E-state index contributed by atoms with van der Waals surface area (Å²) in [5.74, 6) is 0.257. The van der Waals surface area contributed by atoms with E-state index in [-0.39, 0.29) is 28.7 Å². The lowest BCUT2D eigenvalue weighted by Crippen LogP contribution is -2.44. The van der Waals surface area contributed by atoms with E-state index in [4.69, 9.17) is 30.2 Å². The van der Waals surface area contributed by atoms with E-state index in [0.717, 1.165) is 24.9 Å². The van der Waals surface area contributed by atoms with Gasteiger partial charge in [-0.3, -0.25) is 4.79 Å². The second kappa shape index (κ2) is 12.2. The molecule has 212 valence electrons. The van der Waals surface area contributed by atoms with Gasteiger partial charge in [-0.1, -0.05) is 30.7 Å². The number of cyclic esters (lactones) is 1. The SMILES string of the molecule is CC1(COc2cc(-c3cnco3)c(O)cc2C(=O)NCc2ccc(Cl)cc2)COC1.O=C1OCC2CCCCN12. The second-order valence-corrected chi connectivity index (χ2v) is 11.0. The molecule has 0 radical (unpaired) electrons. The average Bonchev–Trinajstić information content (AvgIpc) is 3.62. The molecule has 3 aliphatic heterocycles. The first-order valence-corrected chi connectivity index (χ1v) is 13.6. The van der Waals surface area contributed by atoms with Crippen LogP contribution < -0.4 is 10.1 Å². The van der Waals surface area contributed by atoms with Crippen LogP contribution in [-0.2, 0) is 16.0 Å². The Bertz CT molecular complexity index is 1330. The van der Waals surface area contributed by atoms with Crippen LogP contribution in [0.2, 0.25) is 5.02 Å². The predicted molar refractivity (Wildman–Crippen MR) is 146 cm³/mol. The molecule has 0 aliphatic carbocycles. The Kier molecular flexibility index (Phi) is 8.46. The zero-order valence-electron chi connectivity index (χ0n) is 22.2. The van der Waals surface area contributed by atoms with Crippen LogP contribution in [0.25, 0.3) is 11.3 Å². The van der Waals surface area contributed by atoms with Gasteiger partial charge in [0.15, 0.2) is 12.2 Å². The number of hydrogen-bond donors (Lipinski definition) is 2. The van der Waals surface area contributed by atoms with E-state index in [1.807, 2.05) is 17.0 Å². The molecule has 3 fully saturated rings. The number of nitrogens with one attached hydrogen (secondary N) is 1. The summed E-state index contributed by atoms with van der Waals surface area (Å²) >= 11 is 5.90. The second-order valence-electron chi connectivity index (χ2n) is 10.6. The number of aromatic hydroxyl groups is 1. The molecule has 3 aliphatic rings. The molecule has 2 aromatic carbocycles. The third-order valence-electron chi connectivity index (χ3n) is 7.14. The van der Waals surface area contributed by atoms with Gasteiger partial charge in [0.05, 0.1) is 43.2 Å². The number of halogens is 1. The van der Waals surface area contributed by atoms with Crippen LogP contribution >= 0.6 is 11.6 Å². The highest BCUT2D eigenvalue weighted by molar-refractivity contribution is 6.30. The maximum Gasteiger partial charge on any atom is 0.410 e. The monoisotopic (exact) mass is 569 g/mol. The Morgan fingerprint density at radius 3 is 2.73 bits per heavy atom. The molecule has 10 nitrogen and oxygen atoms in total. The van der Waals surface area contributed by atoms with Crippen molar-refractivity contribution in [3.8, 4) is 22.8 Å². The summed E-state index contributed by atoms with van der Waals surface area (Å²) in [6, 6.07) is 10.6. The third-order valence-corrected chi connectivity index (χ3v) is 7.40. The number of carbonyl (C=O) groups excluding carboxylic acids is 2. The van der Waals surface area contributed by atoms with Gasteiger partial charge in [-0.15, -0.1) is 0 Å². The number of carbonyl (C=O) groups is 2. The number of ether oxygens (including phenoxy) is 3. The summed E-state index contributed by atoms with van der Waals surface area (Å²) in [5, 5.41) is 14.0. The molecule has 40 heavy (non-hydrogen) atoms. The fraction of sp³-hybridized carbons (Fsp3) is 0.414. The number of phenols is 1. The molecule has 3 saturated heterocycles. The summed E-state index contributed by atoms with van der Waals surface area (Å²) < 4.78 is 21.4. The molecule has 4 heterocycles. The first-order chi connectivity index (χ1) is 19.3. The Labute approximate surface area is 237 Å². The number of amides is 2. The van der Waals surface area contributed by atoms with E-state index in [1.165, 1.54) is 25.1 Å². The minimum absolute atomic E-state index is 0.103. The lowest BCUT2D eigenvalue weighted by atomic mass is 9.90. The van der Waals surface area contributed by atoms with Gasteiger partial charge in [0.25, 0.3) is 5.91 Å². The Morgan fingerprint density at radius 2 is 2.05 bits per heavy atom. The standard InChI is InChI=1S/C22H21ClN2O5.C7H11NO2/c1-22(10-28-11-22)12-29-19-7-16(20-9-24-13-30-20)18(26)6-17(19)21(27)25-8-14-2-4-15(23)5-3-14;9-7-8-4-2-1-3-6(8)5-10-7/h2-7,9,13,26H,8,10-12H2,1H3,(H,25,27);6H,1-5H2.